The van der Waals surface area contributed by atoms with Gasteiger partial charge < -0.3 is 10.2 Å². The van der Waals surface area contributed by atoms with Crippen LogP contribution in [0.2, 0.25) is 5.02 Å². The number of rotatable bonds is 4. The second-order valence-corrected chi connectivity index (χ2v) is 6.29. The van der Waals surface area contributed by atoms with Crippen molar-refractivity contribution in [2.75, 3.05) is 12.4 Å². The molecule has 2 aromatic carbocycles. The predicted molar refractivity (Wildman–Crippen MR) is 100 cm³/mol. The Morgan fingerprint density at radius 2 is 2.00 bits per heavy atom. The van der Waals surface area contributed by atoms with E-state index in [0.717, 1.165) is 16.8 Å². The zero-order valence-corrected chi connectivity index (χ0v) is 14.9. The van der Waals surface area contributed by atoms with Gasteiger partial charge in [0.05, 0.1) is 18.4 Å². The summed E-state index contributed by atoms with van der Waals surface area (Å²) in [6.45, 7) is 2.38. The Bertz CT molecular complexity index is 876. The highest BCUT2D eigenvalue weighted by molar-refractivity contribution is 6.31. The number of anilines is 1. The molecule has 1 aromatic heterocycles. The number of hydrogen-bond donors (Lipinski definition) is 1. The Hall–Kier alpha value is -2.79. The molecule has 5 nitrogen and oxygen atoms in total. The molecule has 0 saturated carbocycles. The van der Waals surface area contributed by atoms with Crippen LogP contribution in [0.1, 0.15) is 11.1 Å². The first kappa shape index (κ1) is 17.0. The number of urea groups is 1. The lowest BCUT2D eigenvalue weighted by Crippen LogP contribution is -2.30. The third kappa shape index (κ3) is 4.19. The van der Waals surface area contributed by atoms with Crippen LogP contribution in [-0.2, 0) is 6.54 Å². The van der Waals surface area contributed by atoms with Gasteiger partial charge in [0.15, 0.2) is 0 Å². The van der Waals surface area contributed by atoms with Gasteiger partial charge in [-0.05, 0) is 36.8 Å². The summed E-state index contributed by atoms with van der Waals surface area (Å²) in [5.74, 6) is 0. The highest BCUT2D eigenvalue weighted by Gasteiger charge is 2.11. The SMILES string of the molecule is Cc1ccc(NC(=O)N(C)Cc2cnn(-c3ccccc3)c2)cc1Cl. The fraction of sp³-hybridized carbons (Fsp3) is 0.158. The van der Waals surface area contributed by atoms with E-state index in [1.807, 2.05) is 55.6 Å². The van der Waals surface area contributed by atoms with Crippen molar-refractivity contribution in [2.24, 2.45) is 0 Å². The van der Waals surface area contributed by atoms with E-state index in [-0.39, 0.29) is 6.03 Å². The number of hydrogen-bond acceptors (Lipinski definition) is 2. The summed E-state index contributed by atoms with van der Waals surface area (Å²) in [7, 11) is 1.74. The maximum absolute atomic E-state index is 12.3. The molecule has 1 heterocycles. The largest absolute Gasteiger partial charge is 0.323 e. The van der Waals surface area contributed by atoms with E-state index in [9.17, 15) is 4.79 Å². The smallest absolute Gasteiger partial charge is 0.321 e. The molecule has 0 bridgehead atoms. The summed E-state index contributed by atoms with van der Waals surface area (Å²) < 4.78 is 1.79. The molecule has 128 valence electrons. The van der Waals surface area contributed by atoms with Gasteiger partial charge in [-0.1, -0.05) is 35.9 Å². The third-order valence-electron chi connectivity index (χ3n) is 3.85. The summed E-state index contributed by atoms with van der Waals surface area (Å²) in [5, 5.41) is 7.82. The Labute approximate surface area is 151 Å². The highest BCUT2D eigenvalue weighted by Crippen LogP contribution is 2.20. The molecule has 1 N–H and O–H groups in total. The summed E-state index contributed by atoms with van der Waals surface area (Å²) in [4.78, 5) is 13.9. The molecule has 2 amide bonds. The highest BCUT2D eigenvalue weighted by atomic mass is 35.5. The first-order valence-electron chi connectivity index (χ1n) is 7.90. The Morgan fingerprint density at radius 1 is 1.24 bits per heavy atom. The van der Waals surface area contributed by atoms with E-state index in [4.69, 9.17) is 11.6 Å². The van der Waals surface area contributed by atoms with Gasteiger partial charge in [0.25, 0.3) is 0 Å². The van der Waals surface area contributed by atoms with E-state index < -0.39 is 0 Å². The standard InChI is InChI=1S/C19H19ClN4O/c1-14-8-9-16(10-18(14)20)22-19(25)23(2)12-15-11-21-24(13-15)17-6-4-3-5-7-17/h3-11,13H,12H2,1-2H3,(H,22,25). The normalized spacial score (nSPS) is 10.5. The van der Waals surface area contributed by atoms with Gasteiger partial charge in [-0.25, -0.2) is 9.48 Å². The van der Waals surface area contributed by atoms with Gasteiger partial charge in [0, 0.05) is 29.5 Å². The fourth-order valence-corrected chi connectivity index (χ4v) is 2.58. The van der Waals surface area contributed by atoms with Crippen molar-refractivity contribution in [1.29, 1.82) is 0 Å². The molecule has 3 rings (SSSR count). The number of halogens is 1. The number of amides is 2. The second kappa shape index (κ2) is 7.40. The van der Waals surface area contributed by atoms with Crippen molar-refractivity contribution in [3.05, 3.63) is 77.1 Å². The van der Waals surface area contributed by atoms with Crippen LogP contribution in [0, 0.1) is 6.92 Å². The summed E-state index contributed by atoms with van der Waals surface area (Å²) in [6, 6.07) is 15.1. The molecule has 0 radical (unpaired) electrons. The Kier molecular flexibility index (Phi) is 5.05. The maximum Gasteiger partial charge on any atom is 0.321 e. The van der Waals surface area contributed by atoms with Crippen LogP contribution in [0.3, 0.4) is 0 Å². The number of carbonyl (C=O) groups excluding carboxylic acids is 1. The van der Waals surface area contributed by atoms with Crippen molar-refractivity contribution >= 4 is 23.3 Å². The van der Waals surface area contributed by atoms with E-state index in [0.29, 0.717) is 17.3 Å². The van der Waals surface area contributed by atoms with Crippen molar-refractivity contribution < 1.29 is 4.79 Å². The lowest BCUT2D eigenvalue weighted by atomic mass is 10.2. The van der Waals surface area contributed by atoms with Crippen LogP contribution in [-0.4, -0.2) is 27.8 Å². The average Bonchev–Trinajstić information content (AvgIpc) is 3.07. The van der Waals surface area contributed by atoms with Crippen LogP contribution >= 0.6 is 11.6 Å². The molecule has 0 aliphatic carbocycles. The quantitative estimate of drug-likeness (QED) is 0.750. The minimum atomic E-state index is -0.201. The maximum atomic E-state index is 12.3. The molecule has 25 heavy (non-hydrogen) atoms. The monoisotopic (exact) mass is 354 g/mol. The van der Waals surface area contributed by atoms with Crippen molar-refractivity contribution in [3.63, 3.8) is 0 Å². The van der Waals surface area contributed by atoms with Crippen LogP contribution in [0.5, 0.6) is 0 Å². The molecular formula is C19H19ClN4O. The molecular weight excluding hydrogens is 336 g/mol. The van der Waals surface area contributed by atoms with Crippen LogP contribution in [0.15, 0.2) is 60.9 Å². The zero-order chi connectivity index (χ0) is 17.8. The van der Waals surface area contributed by atoms with Gasteiger partial charge in [0.2, 0.25) is 0 Å². The number of para-hydroxylation sites is 1. The van der Waals surface area contributed by atoms with Gasteiger partial charge in [-0.3, -0.25) is 0 Å². The number of nitrogens with zero attached hydrogens (tertiary/aromatic N) is 3. The lowest BCUT2D eigenvalue weighted by Gasteiger charge is -2.17. The molecule has 0 unspecified atom stereocenters. The zero-order valence-electron chi connectivity index (χ0n) is 14.1. The van der Waals surface area contributed by atoms with E-state index >= 15 is 0 Å². The molecule has 3 aromatic rings. The van der Waals surface area contributed by atoms with Crippen LogP contribution < -0.4 is 5.32 Å². The fourth-order valence-electron chi connectivity index (χ4n) is 2.40. The summed E-state index contributed by atoms with van der Waals surface area (Å²) in [6.07, 6.45) is 3.68. The predicted octanol–water partition coefficient (Wildman–Crippen LogP) is 4.50. The third-order valence-corrected chi connectivity index (χ3v) is 4.25. The Balaban J connectivity index is 1.63. The van der Waals surface area contributed by atoms with Crippen molar-refractivity contribution in [1.82, 2.24) is 14.7 Å². The Morgan fingerprint density at radius 3 is 2.72 bits per heavy atom. The molecule has 0 aliphatic heterocycles. The minimum Gasteiger partial charge on any atom is -0.323 e. The van der Waals surface area contributed by atoms with Gasteiger partial charge in [0.1, 0.15) is 0 Å². The first-order valence-corrected chi connectivity index (χ1v) is 8.28. The molecule has 0 aliphatic rings. The molecule has 0 saturated heterocycles. The van der Waals surface area contributed by atoms with Crippen LogP contribution in [0.25, 0.3) is 5.69 Å². The summed E-state index contributed by atoms with van der Waals surface area (Å²) >= 11 is 6.09. The van der Waals surface area contributed by atoms with Crippen molar-refractivity contribution in [2.45, 2.75) is 13.5 Å². The second-order valence-electron chi connectivity index (χ2n) is 5.88. The first-order chi connectivity index (χ1) is 12.0. The van der Waals surface area contributed by atoms with Gasteiger partial charge in [-0.15, -0.1) is 0 Å². The van der Waals surface area contributed by atoms with Crippen molar-refractivity contribution in [3.8, 4) is 5.69 Å². The van der Waals surface area contributed by atoms with Crippen LogP contribution in [0.4, 0.5) is 10.5 Å². The minimum absolute atomic E-state index is 0.201. The lowest BCUT2D eigenvalue weighted by molar-refractivity contribution is 0.220. The molecule has 0 fully saturated rings. The number of carbonyl (C=O) groups is 1. The topological polar surface area (TPSA) is 50.2 Å². The number of aryl methyl sites for hydroxylation is 1. The molecule has 0 spiro atoms. The van der Waals surface area contributed by atoms with E-state index in [1.165, 1.54) is 0 Å². The van der Waals surface area contributed by atoms with E-state index in [2.05, 4.69) is 10.4 Å². The summed E-state index contributed by atoms with van der Waals surface area (Å²) in [5.41, 5.74) is 3.58. The number of benzene rings is 2. The van der Waals surface area contributed by atoms with Gasteiger partial charge >= 0.3 is 6.03 Å². The number of aromatic nitrogens is 2. The van der Waals surface area contributed by atoms with Gasteiger partial charge in [-0.2, -0.15) is 5.10 Å². The van der Waals surface area contributed by atoms with E-state index in [1.54, 1.807) is 28.9 Å². The molecule has 6 heteroatoms. The number of nitrogens with one attached hydrogen (secondary N) is 1. The average molecular weight is 355 g/mol. The molecule has 0 atom stereocenters.